The molecule has 2 N–H and O–H groups in total. The van der Waals surface area contributed by atoms with Crippen LogP contribution in [-0.2, 0) is 0 Å². The van der Waals surface area contributed by atoms with Crippen LogP contribution in [0.4, 0.5) is 0 Å². The maximum atomic E-state index is 3.89. The molecular formula is C11H12N2. The third-order valence-corrected chi connectivity index (χ3v) is 2.02. The Hall–Kier alpha value is -1.70. The molecule has 1 heterocycles. The van der Waals surface area contributed by atoms with Crippen molar-refractivity contribution >= 4 is 6.08 Å². The maximum absolute atomic E-state index is 3.89. The van der Waals surface area contributed by atoms with E-state index in [0.717, 1.165) is 18.1 Å². The van der Waals surface area contributed by atoms with Crippen LogP contribution in [0.3, 0.4) is 0 Å². The molecule has 0 amide bonds. The van der Waals surface area contributed by atoms with Crippen LogP contribution >= 0.6 is 0 Å². The first-order valence-corrected chi connectivity index (χ1v) is 4.30. The molecule has 2 rings (SSSR count). The largest absolute Gasteiger partial charge is 0.367 e. The number of hydrogen-bond acceptors (Lipinski definition) is 2. The maximum Gasteiger partial charge on any atom is 0.0850 e. The fourth-order valence-electron chi connectivity index (χ4n) is 1.30. The summed E-state index contributed by atoms with van der Waals surface area (Å²) in [6.45, 7) is 4.67. The zero-order valence-electron chi connectivity index (χ0n) is 7.38. The van der Waals surface area contributed by atoms with Gasteiger partial charge in [0.2, 0.25) is 0 Å². The summed E-state index contributed by atoms with van der Waals surface area (Å²) in [6, 6.07) is 10.2. The van der Waals surface area contributed by atoms with Crippen molar-refractivity contribution in [3.63, 3.8) is 0 Å². The minimum Gasteiger partial charge on any atom is -0.367 e. The molecule has 1 aliphatic rings. The first-order chi connectivity index (χ1) is 6.36. The van der Waals surface area contributed by atoms with Crippen molar-refractivity contribution < 1.29 is 0 Å². The van der Waals surface area contributed by atoms with Crippen LogP contribution in [0.25, 0.3) is 6.08 Å². The van der Waals surface area contributed by atoms with E-state index in [-0.39, 0.29) is 0 Å². The van der Waals surface area contributed by atoms with Gasteiger partial charge in [0.05, 0.1) is 18.1 Å². The van der Waals surface area contributed by atoms with Crippen LogP contribution in [0, 0.1) is 0 Å². The van der Waals surface area contributed by atoms with Gasteiger partial charge in [-0.3, -0.25) is 0 Å². The Balaban J connectivity index is 2.25. The Kier molecular flexibility index (Phi) is 2.04. The Morgan fingerprint density at radius 1 is 1.15 bits per heavy atom. The summed E-state index contributed by atoms with van der Waals surface area (Å²) in [7, 11) is 0. The molecule has 13 heavy (non-hydrogen) atoms. The van der Waals surface area contributed by atoms with Crippen LogP contribution < -0.4 is 10.6 Å². The molecule has 2 heteroatoms. The molecule has 1 saturated heterocycles. The molecule has 0 unspecified atom stereocenters. The molecule has 1 aromatic rings. The van der Waals surface area contributed by atoms with Crippen molar-refractivity contribution in [2.75, 3.05) is 6.67 Å². The third-order valence-electron chi connectivity index (χ3n) is 2.02. The fourth-order valence-corrected chi connectivity index (χ4v) is 1.30. The number of rotatable bonds is 1. The zero-order valence-corrected chi connectivity index (χ0v) is 7.38. The quantitative estimate of drug-likeness (QED) is 0.673. The normalized spacial score (nSPS) is 18.5. The summed E-state index contributed by atoms with van der Waals surface area (Å²) in [6.07, 6.45) is 2.09. The molecule has 0 atom stereocenters. The molecule has 0 saturated carbocycles. The van der Waals surface area contributed by atoms with Gasteiger partial charge in [-0.2, -0.15) is 0 Å². The van der Waals surface area contributed by atoms with Gasteiger partial charge in [-0.15, -0.1) is 0 Å². The Bertz CT molecular complexity index is 338. The van der Waals surface area contributed by atoms with Crippen molar-refractivity contribution in [1.82, 2.24) is 10.6 Å². The van der Waals surface area contributed by atoms with E-state index in [1.807, 2.05) is 18.2 Å². The SMILES string of the molecule is C=C1NCN/C1=C\c1ccccc1. The van der Waals surface area contributed by atoms with Crippen molar-refractivity contribution in [2.24, 2.45) is 0 Å². The molecule has 0 aliphatic carbocycles. The van der Waals surface area contributed by atoms with E-state index >= 15 is 0 Å². The highest BCUT2D eigenvalue weighted by molar-refractivity contribution is 5.57. The summed E-state index contributed by atoms with van der Waals surface area (Å²) >= 11 is 0. The highest BCUT2D eigenvalue weighted by Crippen LogP contribution is 2.11. The smallest absolute Gasteiger partial charge is 0.0850 e. The summed E-state index contributed by atoms with van der Waals surface area (Å²) in [5.41, 5.74) is 3.23. The molecule has 0 aromatic heterocycles. The third kappa shape index (κ3) is 1.72. The molecule has 1 aliphatic heterocycles. The predicted molar refractivity (Wildman–Crippen MR) is 54.7 cm³/mol. The Labute approximate surface area is 78.0 Å². The van der Waals surface area contributed by atoms with Crippen LogP contribution in [0.15, 0.2) is 48.3 Å². The van der Waals surface area contributed by atoms with Crippen LogP contribution in [0.2, 0.25) is 0 Å². The monoisotopic (exact) mass is 172 g/mol. The fraction of sp³-hybridized carbons (Fsp3) is 0.0909. The van der Waals surface area contributed by atoms with E-state index in [1.165, 1.54) is 5.56 Å². The summed E-state index contributed by atoms with van der Waals surface area (Å²) in [5, 5.41) is 6.32. The van der Waals surface area contributed by atoms with Crippen molar-refractivity contribution in [3.05, 3.63) is 53.9 Å². The second-order valence-corrected chi connectivity index (χ2v) is 2.98. The van der Waals surface area contributed by atoms with Gasteiger partial charge in [0.1, 0.15) is 0 Å². The van der Waals surface area contributed by atoms with Gasteiger partial charge in [0.25, 0.3) is 0 Å². The second kappa shape index (κ2) is 3.35. The van der Waals surface area contributed by atoms with E-state index in [2.05, 4.69) is 35.4 Å². The molecule has 2 nitrogen and oxygen atoms in total. The highest BCUT2D eigenvalue weighted by Gasteiger charge is 2.07. The molecule has 1 fully saturated rings. The zero-order chi connectivity index (χ0) is 9.10. The van der Waals surface area contributed by atoms with Crippen LogP contribution in [-0.4, -0.2) is 6.67 Å². The van der Waals surface area contributed by atoms with E-state index in [0.29, 0.717) is 0 Å². The number of benzene rings is 1. The lowest BCUT2D eigenvalue weighted by Gasteiger charge is -1.98. The van der Waals surface area contributed by atoms with Crippen LogP contribution in [0.5, 0.6) is 0 Å². The van der Waals surface area contributed by atoms with E-state index in [1.54, 1.807) is 0 Å². The molecule has 0 radical (unpaired) electrons. The number of hydrogen-bond donors (Lipinski definition) is 2. The van der Waals surface area contributed by atoms with Gasteiger partial charge in [0.15, 0.2) is 0 Å². The molecule has 0 bridgehead atoms. The standard InChI is InChI=1S/C11H12N2/c1-9-11(13-8-12-9)7-10-5-3-2-4-6-10/h2-7,12-13H,1,8H2/b11-7-. The van der Waals surface area contributed by atoms with Crippen LogP contribution in [0.1, 0.15) is 5.56 Å². The van der Waals surface area contributed by atoms with Crippen molar-refractivity contribution in [3.8, 4) is 0 Å². The van der Waals surface area contributed by atoms with Gasteiger partial charge >= 0.3 is 0 Å². The topological polar surface area (TPSA) is 24.1 Å². The van der Waals surface area contributed by atoms with Crippen molar-refractivity contribution in [1.29, 1.82) is 0 Å². The highest BCUT2D eigenvalue weighted by atomic mass is 15.2. The first-order valence-electron chi connectivity index (χ1n) is 4.30. The lowest BCUT2D eigenvalue weighted by Crippen LogP contribution is -2.10. The first kappa shape index (κ1) is 7.92. The van der Waals surface area contributed by atoms with E-state index in [9.17, 15) is 0 Å². The van der Waals surface area contributed by atoms with Gasteiger partial charge in [-0.25, -0.2) is 0 Å². The Morgan fingerprint density at radius 3 is 2.54 bits per heavy atom. The lowest BCUT2D eigenvalue weighted by atomic mass is 10.2. The van der Waals surface area contributed by atoms with E-state index < -0.39 is 0 Å². The van der Waals surface area contributed by atoms with E-state index in [4.69, 9.17) is 0 Å². The molecule has 0 spiro atoms. The van der Waals surface area contributed by atoms with Gasteiger partial charge in [-0.05, 0) is 11.6 Å². The van der Waals surface area contributed by atoms with Crippen molar-refractivity contribution in [2.45, 2.75) is 0 Å². The minimum absolute atomic E-state index is 0.775. The number of nitrogens with one attached hydrogen (secondary N) is 2. The summed E-state index contributed by atoms with van der Waals surface area (Å²) in [4.78, 5) is 0. The predicted octanol–water partition coefficient (Wildman–Crippen LogP) is 1.69. The summed E-state index contributed by atoms with van der Waals surface area (Å²) in [5.74, 6) is 0. The second-order valence-electron chi connectivity index (χ2n) is 2.98. The Morgan fingerprint density at radius 2 is 1.92 bits per heavy atom. The van der Waals surface area contributed by atoms with Gasteiger partial charge in [0, 0.05) is 0 Å². The lowest BCUT2D eigenvalue weighted by molar-refractivity contribution is 0.842. The summed E-state index contributed by atoms with van der Waals surface area (Å²) < 4.78 is 0. The minimum atomic E-state index is 0.775. The van der Waals surface area contributed by atoms with Gasteiger partial charge < -0.3 is 10.6 Å². The average Bonchev–Trinajstić information content (AvgIpc) is 2.54. The molecule has 66 valence electrons. The average molecular weight is 172 g/mol. The van der Waals surface area contributed by atoms with Gasteiger partial charge in [-0.1, -0.05) is 36.9 Å². The molecule has 1 aromatic carbocycles. The molecular weight excluding hydrogens is 160 g/mol.